The largest absolute Gasteiger partial charge is 0.465 e. The molecule has 2 heterocycles. The maximum atomic E-state index is 5.52. The number of aryl methyl sites for hydroxylation is 1. The molecule has 0 atom stereocenters. The van der Waals surface area contributed by atoms with Gasteiger partial charge in [-0.05, 0) is 42.7 Å². The van der Waals surface area contributed by atoms with Crippen LogP contribution in [0.25, 0.3) is 0 Å². The van der Waals surface area contributed by atoms with E-state index in [0.29, 0.717) is 0 Å². The average molecular weight is 242 g/mol. The molecule has 3 nitrogen and oxygen atoms in total. The summed E-state index contributed by atoms with van der Waals surface area (Å²) in [6.45, 7) is 4.68. The van der Waals surface area contributed by atoms with Gasteiger partial charge in [0, 0.05) is 18.8 Å². The van der Waals surface area contributed by atoms with Crippen LogP contribution < -0.4 is 10.6 Å². The van der Waals surface area contributed by atoms with Gasteiger partial charge in [0.15, 0.2) is 0 Å². The number of furan rings is 1. The Balaban J connectivity index is 1.57. The summed E-state index contributed by atoms with van der Waals surface area (Å²) >= 11 is 0. The van der Waals surface area contributed by atoms with Crippen molar-refractivity contribution in [3.05, 3.63) is 53.0 Å². The molecule has 0 aliphatic carbocycles. The smallest absolute Gasteiger partial charge is 0.117 e. The van der Waals surface area contributed by atoms with Crippen molar-refractivity contribution in [2.75, 3.05) is 11.9 Å². The standard InChI is InChI=1S/C15H18N2O/c1-11-2-5-14(18-11)10-16-9-12-3-4-13-6-7-17-15(13)8-12/h2-5,8,16-17H,6-7,9-10H2,1H3. The van der Waals surface area contributed by atoms with E-state index in [4.69, 9.17) is 4.42 Å². The Bertz CT molecular complexity index is 545. The van der Waals surface area contributed by atoms with Gasteiger partial charge in [-0.15, -0.1) is 0 Å². The number of benzene rings is 1. The highest BCUT2D eigenvalue weighted by molar-refractivity contribution is 5.56. The molecule has 0 spiro atoms. The van der Waals surface area contributed by atoms with Gasteiger partial charge in [0.25, 0.3) is 0 Å². The van der Waals surface area contributed by atoms with E-state index < -0.39 is 0 Å². The first kappa shape index (κ1) is 11.4. The number of hydrogen-bond donors (Lipinski definition) is 2. The highest BCUT2D eigenvalue weighted by atomic mass is 16.3. The van der Waals surface area contributed by atoms with Crippen molar-refractivity contribution < 1.29 is 4.42 Å². The van der Waals surface area contributed by atoms with Crippen molar-refractivity contribution in [3.63, 3.8) is 0 Å². The minimum absolute atomic E-state index is 0.776. The Hall–Kier alpha value is -1.74. The highest BCUT2D eigenvalue weighted by Crippen LogP contribution is 2.23. The number of nitrogens with one attached hydrogen (secondary N) is 2. The first-order valence-electron chi connectivity index (χ1n) is 6.43. The zero-order valence-corrected chi connectivity index (χ0v) is 10.6. The summed E-state index contributed by atoms with van der Waals surface area (Å²) in [6.07, 6.45) is 1.15. The second-order valence-electron chi connectivity index (χ2n) is 4.78. The molecule has 18 heavy (non-hydrogen) atoms. The second-order valence-corrected chi connectivity index (χ2v) is 4.78. The Labute approximate surface area is 107 Å². The van der Waals surface area contributed by atoms with Crippen molar-refractivity contribution in [1.29, 1.82) is 0 Å². The second kappa shape index (κ2) is 4.86. The van der Waals surface area contributed by atoms with Crippen LogP contribution in [0.5, 0.6) is 0 Å². The van der Waals surface area contributed by atoms with Crippen LogP contribution in [-0.4, -0.2) is 6.54 Å². The third-order valence-corrected chi connectivity index (χ3v) is 3.31. The van der Waals surface area contributed by atoms with E-state index in [0.717, 1.165) is 37.6 Å². The van der Waals surface area contributed by atoms with E-state index in [2.05, 4.69) is 28.8 Å². The van der Waals surface area contributed by atoms with Gasteiger partial charge in [0.1, 0.15) is 11.5 Å². The van der Waals surface area contributed by atoms with Crippen LogP contribution in [0.2, 0.25) is 0 Å². The van der Waals surface area contributed by atoms with E-state index in [9.17, 15) is 0 Å². The van der Waals surface area contributed by atoms with Crippen LogP contribution in [0.3, 0.4) is 0 Å². The maximum absolute atomic E-state index is 5.52. The Morgan fingerprint density at radius 2 is 2.17 bits per heavy atom. The molecule has 0 amide bonds. The molecule has 1 aromatic heterocycles. The lowest BCUT2D eigenvalue weighted by Crippen LogP contribution is -2.12. The summed E-state index contributed by atoms with van der Waals surface area (Å²) < 4.78 is 5.52. The van der Waals surface area contributed by atoms with E-state index in [1.54, 1.807) is 0 Å². The molecule has 0 bridgehead atoms. The number of rotatable bonds is 4. The lowest BCUT2D eigenvalue weighted by Gasteiger charge is -2.06. The molecule has 0 saturated heterocycles. The molecule has 3 rings (SSSR count). The van der Waals surface area contributed by atoms with Crippen LogP contribution in [0.4, 0.5) is 5.69 Å². The molecule has 0 saturated carbocycles. The van der Waals surface area contributed by atoms with Crippen molar-refractivity contribution in [2.45, 2.75) is 26.4 Å². The van der Waals surface area contributed by atoms with Crippen molar-refractivity contribution in [2.24, 2.45) is 0 Å². The monoisotopic (exact) mass is 242 g/mol. The molecule has 1 aromatic carbocycles. The molecule has 1 aliphatic rings. The van der Waals surface area contributed by atoms with Crippen molar-refractivity contribution in [3.8, 4) is 0 Å². The van der Waals surface area contributed by atoms with Gasteiger partial charge < -0.3 is 15.1 Å². The first-order valence-corrected chi connectivity index (χ1v) is 6.43. The SMILES string of the molecule is Cc1ccc(CNCc2ccc3c(c2)NCC3)o1. The lowest BCUT2D eigenvalue weighted by atomic mass is 10.1. The van der Waals surface area contributed by atoms with Crippen LogP contribution in [0.1, 0.15) is 22.6 Å². The summed E-state index contributed by atoms with van der Waals surface area (Å²) in [5.41, 5.74) is 4.04. The van der Waals surface area contributed by atoms with Gasteiger partial charge in [-0.1, -0.05) is 12.1 Å². The minimum Gasteiger partial charge on any atom is -0.465 e. The molecule has 3 heteroatoms. The fraction of sp³-hybridized carbons (Fsp3) is 0.333. The highest BCUT2D eigenvalue weighted by Gasteiger charge is 2.09. The Kier molecular flexibility index (Phi) is 3.07. The molecule has 2 N–H and O–H groups in total. The van der Waals surface area contributed by atoms with Gasteiger partial charge in [-0.3, -0.25) is 0 Å². The number of fused-ring (bicyclic) bond motifs is 1. The van der Waals surface area contributed by atoms with Crippen LogP contribution in [0, 0.1) is 6.92 Å². The molecular formula is C15H18N2O. The molecule has 0 unspecified atom stereocenters. The summed E-state index contributed by atoms with van der Waals surface area (Å²) in [5.74, 6) is 1.96. The fourth-order valence-corrected chi connectivity index (χ4v) is 2.36. The minimum atomic E-state index is 0.776. The van der Waals surface area contributed by atoms with Gasteiger partial charge >= 0.3 is 0 Å². The normalized spacial score (nSPS) is 13.4. The lowest BCUT2D eigenvalue weighted by molar-refractivity contribution is 0.462. The molecule has 2 aromatic rings. The van der Waals surface area contributed by atoms with E-state index in [-0.39, 0.29) is 0 Å². The Morgan fingerprint density at radius 1 is 1.22 bits per heavy atom. The summed E-state index contributed by atoms with van der Waals surface area (Å²) in [4.78, 5) is 0. The summed E-state index contributed by atoms with van der Waals surface area (Å²) in [7, 11) is 0. The fourth-order valence-electron chi connectivity index (χ4n) is 2.36. The predicted octanol–water partition coefficient (Wildman–Crippen LogP) is 2.85. The quantitative estimate of drug-likeness (QED) is 0.865. The maximum Gasteiger partial charge on any atom is 0.117 e. The summed E-state index contributed by atoms with van der Waals surface area (Å²) in [6, 6.07) is 10.7. The average Bonchev–Trinajstić information content (AvgIpc) is 2.97. The molecule has 1 aliphatic heterocycles. The zero-order valence-electron chi connectivity index (χ0n) is 10.6. The zero-order chi connectivity index (χ0) is 12.4. The molecule has 0 fully saturated rings. The van der Waals surface area contributed by atoms with Crippen molar-refractivity contribution >= 4 is 5.69 Å². The third kappa shape index (κ3) is 2.41. The topological polar surface area (TPSA) is 37.2 Å². The molecule has 94 valence electrons. The number of hydrogen-bond acceptors (Lipinski definition) is 3. The third-order valence-electron chi connectivity index (χ3n) is 3.31. The van der Waals surface area contributed by atoms with E-state index in [1.165, 1.54) is 16.8 Å². The molecular weight excluding hydrogens is 224 g/mol. The van der Waals surface area contributed by atoms with Gasteiger partial charge in [-0.2, -0.15) is 0 Å². The van der Waals surface area contributed by atoms with Gasteiger partial charge in [-0.25, -0.2) is 0 Å². The predicted molar refractivity (Wildman–Crippen MR) is 72.6 cm³/mol. The van der Waals surface area contributed by atoms with E-state index >= 15 is 0 Å². The van der Waals surface area contributed by atoms with Crippen LogP contribution >= 0.6 is 0 Å². The van der Waals surface area contributed by atoms with E-state index in [1.807, 2.05) is 19.1 Å². The van der Waals surface area contributed by atoms with Crippen LogP contribution in [0.15, 0.2) is 34.7 Å². The number of anilines is 1. The summed E-state index contributed by atoms with van der Waals surface area (Å²) in [5, 5.41) is 6.81. The first-order chi connectivity index (χ1) is 8.81. The van der Waals surface area contributed by atoms with Crippen molar-refractivity contribution in [1.82, 2.24) is 5.32 Å². The Morgan fingerprint density at radius 3 is 3.00 bits per heavy atom. The van der Waals surface area contributed by atoms with Gasteiger partial charge in [0.05, 0.1) is 6.54 Å². The van der Waals surface area contributed by atoms with Crippen LogP contribution in [-0.2, 0) is 19.5 Å². The molecule has 0 radical (unpaired) electrons. The van der Waals surface area contributed by atoms with Gasteiger partial charge in [0.2, 0.25) is 0 Å².